The van der Waals surface area contributed by atoms with Crippen LogP contribution < -0.4 is 9.64 Å². The van der Waals surface area contributed by atoms with Crippen LogP contribution in [-0.2, 0) is 19.4 Å². The lowest BCUT2D eigenvalue weighted by Crippen LogP contribution is -2.37. The number of hydrogen-bond donors (Lipinski definition) is 0. The standard InChI is InChI=1S/C25H31NO5S2/c1-5-25(6-2)17-26(19-11-9-8-10-12-19)20-15-22(32-4)21(16-23(20)33(28,29)18-25)31-14-13-24(27)30-7-3/h8-16H,5-7,17-18H2,1-4H3/b14-13+. The summed E-state index contributed by atoms with van der Waals surface area (Å²) in [6.45, 7) is 6.70. The third-order valence-corrected chi connectivity index (χ3v) is 8.86. The Balaban J connectivity index is 2.16. The number of nitrogens with zero attached hydrogens (tertiary/aromatic N) is 1. The van der Waals surface area contributed by atoms with Crippen LogP contribution in [0.5, 0.6) is 5.75 Å². The number of thioether (sulfide) groups is 1. The highest BCUT2D eigenvalue weighted by atomic mass is 32.2. The molecule has 6 nitrogen and oxygen atoms in total. The molecule has 1 aliphatic rings. The molecule has 1 heterocycles. The molecule has 178 valence electrons. The van der Waals surface area contributed by atoms with E-state index >= 15 is 0 Å². The number of rotatable bonds is 8. The lowest BCUT2D eigenvalue weighted by molar-refractivity contribution is -0.137. The van der Waals surface area contributed by atoms with E-state index in [9.17, 15) is 13.2 Å². The average Bonchev–Trinajstić information content (AvgIpc) is 2.91. The van der Waals surface area contributed by atoms with Crippen molar-refractivity contribution in [2.24, 2.45) is 5.41 Å². The zero-order valence-electron chi connectivity index (χ0n) is 19.5. The molecular weight excluding hydrogens is 458 g/mol. The van der Waals surface area contributed by atoms with Gasteiger partial charge in [0.15, 0.2) is 9.84 Å². The molecule has 0 unspecified atom stereocenters. The maximum Gasteiger partial charge on any atom is 0.333 e. The van der Waals surface area contributed by atoms with Crippen LogP contribution in [0.4, 0.5) is 11.4 Å². The summed E-state index contributed by atoms with van der Waals surface area (Å²) in [6.07, 6.45) is 5.83. The molecule has 0 saturated carbocycles. The Labute approximate surface area is 200 Å². The van der Waals surface area contributed by atoms with Crippen LogP contribution in [0.15, 0.2) is 64.6 Å². The molecule has 0 aromatic heterocycles. The highest BCUT2D eigenvalue weighted by Crippen LogP contribution is 2.46. The molecule has 2 aromatic carbocycles. The smallest absolute Gasteiger partial charge is 0.333 e. The topological polar surface area (TPSA) is 72.9 Å². The molecule has 33 heavy (non-hydrogen) atoms. The molecule has 8 heteroatoms. The molecule has 0 amide bonds. The number of esters is 1. The molecule has 2 aromatic rings. The number of benzene rings is 2. The van der Waals surface area contributed by atoms with Gasteiger partial charge >= 0.3 is 5.97 Å². The Kier molecular flexibility index (Phi) is 8.13. The summed E-state index contributed by atoms with van der Waals surface area (Å²) in [6, 6.07) is 13.3. The Hall–Kier alpha value is -2.45. The van der Waals surface area contributed by atoms with Gasteiger partial charge in [-0.3, -0.25) is 0 Å². The summed E-state index contributed by atoms with van der Waals surface area (Å²) in [5.74, 6) is -0.0598. The normalized spacial score (nSPS) is 16.8. The Bertz CT molecular complexity index is 1110. The fourth-order valence-corrected chi connectivity index (χ4v) is 6.83. The van der Waals surface area contributed by atoms with Gasteiger partial charge in [0, 0.05) is 23.7 Å². The van der Waals surface area contributed by atoms with Crippen LogP contribution in [0.3, 0.4) is 0 Å². The van der Waals surface area contributed by atoms with Crippen molar-refractivity contribution in [3.05, 3.63) is 54.8 Å². The van der Waals surface area contributed by atoms with Crippen LogP contribution >= 0.6 is 11.8 Å². The molecular formula is C25H31NO5S2. The minimum Gasteiger partial charge on any atom is -0.464 e. The van der Waals surface area contributed by atoms with Gasteiger partial charge in [-0.15, -0.1) is 11.8 Å². The van der Waals surface area contributed by atoms with E-state index in [1.54, 1.807) is 13.0 Å². The van der Waals surface area contributed by atoms with Crippen molar-refractivity contribution in [2.45, 2.75) is 43.4 Å². The number of sulfone groups is 1. The summed E-state index contributed by atoms with van der Waals surface area (Å²) in [4.78, 5) is 14.7. The first kappa shape index (κ1) is 25.2. The van der Waals surface area contributed by atoms with Crippen molar-refractivity contribution in [1.82, 2.24) is 0 Å². The van der Waals surface area contributed by atoms with Gasteiger partial charge < -0.3 is 14.4 Å². The fraction of sp³-hybridized carbons (Fsp3) is 0.400. The van der Waals surface area contributed by atoms with Crippen LogP contribution in [0.25, 0.3) is 0 Å². The summed E-state index contributed by atoms with van der Waals surface area (Å²) in [5, 5.41) is 0. The summed E-state index contributed by atoms with van der Waals surface area (Å²) in [7, 11) is -3.60. The molecule has 0 atom stereocenters. The Morgan fingerprint density at radius 2 is 1.85 bits per heavy atom. The van der Waals surface area contributed by atoms with Gasteiger partial charge in [0.05, 0.1) is 40.2 Å². The van der Waals surface area contributed by atoms with Crippen LogP contribution in [0, 0.1) is 5.41 Å². The van der Waals surface area contributed by atoms with Gasteiger partial charge in [0.1, 0.15) is 5.75 Å². The highest BCUT2D eigenvalue weighted by Gasteiger charge is 2.41. The van der Waals surface area contributed by atoms with Gasteiger partial charge in [-0.1, -0.05) is 32.0 Å². The zero-order valence-corrected chi connectivity index (χ0v) is 21.2. The number of fused-ring (bicyclic) bond motifs is 1. The second-order valence-electron chi connectivity index (χ2n) is 8.03. The SMILES string of the molecule is CCOC(=O)/C=C/Oc1cc2c(cc1SC)N(c1ccccc1)CC(CC)(CC)CS2(=O)=O. The number of carbonyl (C=O) groups is 1. The minimum absolute atomic E-state index is 0.0695. The lowest BCUT2D eigenvalue weighted by atomic mass is 9.83. The van der Waals surface area contributed by atoms with E-state index in [-0.39, 0.29) is 22.7 Å². The lowest BCUT2D eigenvalue weighted by Gasteiger charge is -2.35. The first-order chi connectivity index (χ1) is 15.8. The first-order valence-electron chi connectivity index (χ1n) is 11.1. The second-order valence-corrected chi connectivity index (χ2v) is 10.8. The first-order valence-corrected chi connectivity index (χ1v) is 13.9. The van der Waals surface area contributed by atoms with Gasteiger partial charge in [0.25, 0.3) is 0 Å². The average molecular weight is 490 g/mol. The summed E-state index contributed by atoms with van der Waals surface area (Å²) in [5.41, 5.74) is 1.22. The molecule has 0 aliphatic carbocycles. The summed E-state index contributed by atoms with van der Waals surface area (Å²) < 4.78 is 37.9. The predicted molar refractivity (Wildman–Crippen MR) is 133 cm³/mol. The Morgan fingerprint density at radius 1 is 1.15 bits per heavy atom. The largest absolute Gasteiger partial charge is 0.464 e. The molecule has 0 N–H and O–H groups in total. The van der Waals surface area contributed by atoms with Crippen molar-refractivity contribution in [1.29, 1.82) is 0 Å². The quantitative estimate of drug-likeness (QED) is 0.207. The Morgan fingerprint density at radius 3 is 2.45 bits per heavy atom. The maximum absolute atomic E-state index is 13.6. The van der Waals surface area contributed by atoms with E-state index in [0.29, 0.717) is 18.0 Å². The van der Waals surface area contributed by atoms with Crippen LogP contribution in [-0.4, -0.2) is 39.5 Å². The van der Waals surface area contributed by atoms with Crippen LogP contribution in [0.2, 0.25) is 0 Å². The third kappa shape index (κ3) is 5.55. The number of carbonyl (C=O) groups excluding carboxylic acids is 1. The molecule has 0 radical (unpaired) electrons. The minimum atomic E-state index is -3.60. The molecule has 1 aliphatic heterocycles. The van der Waals surface area contributed by atoms with Crippen LogP contribution in [0.1, 0.15) is 33.6 Å². The van der Waals surface area contributed by atoms with Gasteiger partial charge in [0.2, 0.25) is 0 Å². The van der Waals surface area contributed by atoms with Crippen molar-refractivity contribution in [2.75, 3.05) is 30.1 Å². The van der Waals surface area contributed by atoms with Crippen molar-refractivity contribution in [3.63, 3.8) is 0 Å². The van der Waals surface area contributed by atoms with E-state index in [1.165, 1.54) is 24.1 Å². The zero-order chi connectivity index (χ0) is 24.1. The number of anilines is 2. The highest BCUT2D eigenvalue weighted by molar-refractivity contribution is 7.98. The van der Waals surface area contributed by atoms with Gasteiger partial charge in [-0.2, -0.15) is 0 Å². The molecule has 0 saturated heterocycles. The van der Waals surface area contributed by atoms with E-state index in [4.69, 9.17) is 9.47 Å². The third-order valence-electron chi connectivity index (χ3n) is 6.11. The molecule has 3 rings (SSSR count). The van der Waals surface area contributed by atoms with Crippen molar-refractivity contribution < 1.29 is 22.7 Å². The second kappa shape index (κ2) is 10.7. The van der Waals surface area contributed by atoms with E-state index in [0.717, 1.165) is 23.4 Å². The predicted octanol–water partition coefficient (Wildman–Crippen LogP) is 5.60. The molecule has 0 spiro atoms. The molecule has 0 fully saturated rings. The fourth-order valence-electron chi connectivity index (χ4n) is 4.06. The maximum atomic E-state index is 13.6. The van der Waals surface area contributed by atoms with Crippen molar-refractivity contribution >= 4 is 38.9 Å². The van der Waals surface area contributed by atoms with E-state index in [1.807, 2.05) is 42.7 Å². The van der Waals surface area contributed by atoms with Gasteiger partial charge in [-0.05, 0) is 44.2 Å². The number of hydrogen-bond acceptors (Lipinski definition) is 7. The number of para-hydroxylation sites is 1. The van der Waals surface area contributed by atoms with Crippen molar-refractivity contribution in [3.8, 4) is 5.75 Å². The van der Waals surface area contributed by atoms with E-state index in [2.05, 4.69) is 18.7 Å². The van der Waals surface area contributed by atoms with Gasteiger partial charge in [-0.25, -0.2) is 13.2 Å². The van der Waals surface area contributed by atoms with E-state index < -0.39 is 15.8 Å². The number of ether oxygens (including phenoxy) is 2. The molecule has 0 bridgehead atoms. The monoisotopic (exact) mass is 489 g/mol. The summed E-state index contributed by atoms with van der Waals surface area (Å²) >= 11 is 1.46.